The lowest BCUT2D eigenvalue weighted by molar-refractivity contribution is -0.397. The van der Waals surface area contributed by atoms with Crippen LogP contribution >= 0.6 is 0 Å². The molecule has 0 aliphatic carbocycles. The quantitative estimate of drug-likeness (QED) is 0.0970. The Balaban J connectivity index is 1.38. The Morgan fingerprint density at radius 2 is 1.60 bits per heavy atom. The van der Waals surface area contributed by atoms with Gasteiger partial charge >= 0.3 is 6.03 Å². The van der Waals surface area contributed by atoms with Crippen LogP contribution in [0.5, 0.6) is 0 Å². The Morgan fingerprint density at radius 1 is 0.900 bits per heavy atom. The second kappa shape index (κ2) is 19.6. The number of nitroso groups, excluding NO2 is 1. The average Bonchev–Trinajstić information content (AvgIpc) is 3.57. The molecule has 0 radical (unpaired) electrons. The smallest absolute Gasteiger partial charge is 0.315 e. The Bertz CT molecular complexity index is 1550. The summed E-state index contributed by atoms with van der Waals surface area (Å²) in [6.45, 7) is 22.1. The summed E-state index contributed by atoms with van der Waals surface area (Å²) in [5.41, 5.74) is -1.70. The van der Waals surface area contributed by atoms with Crippen LogP contribution in [-0.2, 0) is 33.3 Å². The normalized spacial score (nSPS) is 41.9. The number of hydrogen-bond acceptors (Lipinski definition) is 11. The molecule has 5 heterocycles. The third-order valence-electron chi connectivity index (χ3n) is 15.4. The number of nitrogens with one attached hydrogen (secondary N) is 2. The topological polar surface area (TPSA) is 191 Å². The van der Waals surface area contributed by atoms with Crippen molar-refractivity contribution in [1.82, 2.24) is 10.6 Å². The van der Waals surface area contributed by atoms with Crippen molar-refractivity contribution in [3.8, 4) is 0 Å². The molecule has 342 valence electrons. The minimum absolute atomic E-state index is 0.0217. The monoisotopic (exact) mass is 848 g/mol. The van der Waals surface area contributed by atoms with Gasteiger partial charge in [-0.1, -0.05) is 68.4 Å². The number of ketones is 1. The number of urea groups is 1. The molecule has 3 unspecified atom stereocenters. The van der Waals surface area contributed by atoms with Crippen LogP contribution in [0.1, 0.15) is 147 Å². The molecule has 5 rings (SSSR count). The van der Waals surface area contributed by atoms with Crippen molar-refractivity contribution in [2.45, 2.75) is 212 Å². The van der Waals surface area contributed by atoms with Crippen molar-refractivity contribution in [2.24, 2.45) is 46.6 Å². The summed E-state index contributed by atoms with van der Waals surface area (Å²) in [5, 5.41) is 31.8. The summed E-state index contributed by atoms with van der Waals surface area (Å²) >= 11 is 0. The molecule has 0 bridgehead atoms. The molecule has 0 aromatic heterocycles. The standard InChI is InChI=1S/C46H77N3O11/c1-12-24-47-42(53)48-35-18-21-45(60-46(35)23-22-43(11,59-46)36-19-20-44(54,15-4)31(10)56-36)28(7)25-27(6)40(58-45)33(14-3)38(51)29(8)37(50)30(9)39-26(5)16-17-34(57-39)32(13-2)41(52)49-55/h18,21,26-37,39-40,50,54H,12-17,19-20,22-25H2,1-11H3,(H2,47,48,53)/t26-,27-,28+,29-,30-,31-,32?,33?,34+,35?,36+,37+,39+,40-,43-,44+,45-,46-/m0/s1. The highest BCUT2D eigenvalue weighted by atomic mass is 16.8. The predicted octanol–water partition coefficient (Wildman–Crippen LogP) is 7.11. The predicted molar refractivity (Wildman–Crippen MR) is 226 cm³/mol. The van der Waals surface area contributed by atoms with Crippen LogP contribution in [0, 0.1) is 46.3 Å². The van der Waals surface area contributed by atoms with Crippen molar-refractivity contribution in [3.05, 3.63) is 17.1 Å². The summed E-state index contributed by atoms with van der Waals surface area (Å²) in [7, 11) is 0. The maximum absolute atomic E-state index is 14.7. The molecule has 14 heteroatoms. The summed E-state index contributed by atoms with van der Waals surface area (Å²) in [6, 6.07) is -0.991. The number of rotatable bonds is 15. The summed E-state index contributed by atoms with van der Waals surface area (Å²) in [4.78, 5) is 51.3. The zero-order valence-electron chi connectivity index (χ0n) is 38.2. The van der Waals surface area contributed by atoms with Crippen molar-refractivity contribution < 1.29 is 48.3 Å². The van der Waals surface area contributed by atoms with Crippen LogP contribution < -0.4 is 10.6 Å². The second-order valence-corrected chi connectivity index (χ2v) is 19.4. The lowest BCUT2D eigenvalue weighted by Gasteiger charge is -2.55. The number of aliphatic hydroxyl groups is 2. The zero-order chi connectivity index (χ0) is 44.4. The maximum Gasteiger partial charge on any atom is 0.315 e. The van der Waals surface area contributed by atoms with Crippen LogP contribution in [0.3, 0.4) is 0 Å². The van der Waals surface area contributed by atoms with Crippen LogP contribution in [0.15, 0.2) is 17.3 Å². The van der Waals surface area contributed by atoms with Gasteiger partial charge in [-0.25, -0.2) is 4.79 Å². The molecule has 2 spiro atoms. The molecule has 5 aliphatic rings. The van der Waals surface area contributed by atoms with Gasteiger partial charge in [0.25, 0.3) is 5.91 Å². The largest absolute Gasteiger partial charge is 0.392 e. The first-order valence-electron chi connectivity index (χ1n) is 23.2. The van der Waals surface area contributed by atoms with Crippen molar-refractivity contribution >= 4 is 17.7 Å². The van der Waals surface area contributed by atoms with E-state index in [0.717, 1.165) is 12.8 Å². The first kappa shape index (κ1) is 48.7. The third kappa shape index (κ3) is 9.60. The fraction of sp³-hybridized carbons (Fsp3) is 0.891. The van der Waals surface area contributed by atoms with Gasteiger partial charge in [-0.3, -0.25) is 9.59 Å². The van der Waals surface area contributed by atoms with Crippen LogP contribution in [0.25, 0.3) is 0 Å². The highest BCUT2D eigenvalue weighted by molar-refractivity contribution is 5.84. The third-order valence-corrected chi connectivity index (χ3v) is 15.4. The van der Waals surface area contributed by atoms with E-state index in [1.807, 2.05) is 60.6 Å². The summed E-state index contributed by atoms with van der Waals surface area (Å²) in [6.07, 6.45) is 7.17. The fourth-order valence-electron chi connectivity index (χ4n) is 11.2. The van der Waals surface area contributed by atoms with Gasteiger partial charge in [-0.15, -0.1) is 4.91 Å². The van der Waals surface area contributed by atoms with Crippen molar-refractivity contribution in [2.75, 3.05) is 6.54 Å². The van der Waals surface area contributed by atoms with Gasteiger partial charge in [-0.2, -0.15) is 0 Å². The van der Waals surface area contributed by atoms with Gasteiger partial charge < -0.3 is 44.5 Å². The minimum atomic E-state index is -1.32. The molecule has 14 nitrogen and oxygen atoms in total. The molecule has 0 aromatic carbocycles. The molecule has 0 aromatic rings. The van der Waals surface area contributed by atoms with Gasteiger partial charge in [0, 0.05) is 41.8 Å². The van der Waals surface area contributed by atoms with Crippen LogP contribution in [0.4, 0.5) is 4.79 Å². The van der Waals surface area contributed by atoms with Crippen molar-refractivity contribution in [1.29, 1.82) is 0 Å². The minimum Gasteiger partial charge on any atom is -0.392 e. The molecule has 18 atom stereocenters. The Kier molecular flexibility index (Phi) is 15.9. The fourth-order valence-corrected chi connectivity index (χ4v) is 11.2. The van der Waals surface area contributed by atoms with Gasteiger partial charge in [0.1, 0.15) is 11.8 Å². The van der Waals surface area contributed by atoms with Crippen molar-refractivity contribution in [3.63, 3.8) is 0 Å². The number of hydrogen-bond donors (Lipinski definition) is 4. The van der Waals surface area contributed by atoms with E-state index in [1.54, 1.807) is 6.92 Å². The first-order valence-corrected chi connectivity index (χ1v) is 23.2. The number of carbonyl (C=O) groups is 3. The van der Waals surface area contributed by atoms with Crippen LogP contribution in [0.2, 0.25) is 0 Å². The Morgan fingerprint density at radius 3 is 2.22 bits per heavy atom. The molecule has 5 aliphatic heterocycles. The lowest BCUT2D eigenvalue weighted by atomic mass is 9.72. The van der Waals surface area contributed by atoms with E-state index in [1.165, 1.54) is 0 Å². The summed E-state index contributed by atoms with van der Waals surface area (Å²) in [5.74, 6) is -5.90. The number of amides is 3. The van der Waals surface area contributed by atoms with E-state index in [2.05, 4.69) is 36.6 Å². The molecule has 4 N–H and O–H groups in total. The Hall–Kier alpha value is -2.33. The molecule has 3 amide bonds. The van der Waals surface area contributed by atoms with Gasteiger partial charge in [-0.05, 0) is 96.0 Å². The van der Waals surface area contributed by atoms with E-state index in [9.17, 15) is 29.5 Å². The molecule has 0 saturated carbocycles. The van der Waals surface area contributed by atoms with Gasteiger partial charge in [0.15, 0.2) is 11.6 Å². The second-order valence-electron chi connectivity index (χ2n) is 19.4. The average molecular weight is 848 g/mol. The van der Waals surface area contributed by atoms with E-state index < -0.39 is 82.8 Å². The number of ether oxygens (including phenoxy) is 5. The first-order chi connectivity index (χ1) is 28.3. The van der Waals surface area contributed by atoms with E-state index in [4.69, 9.17) is 23.7 Å². The highest BCUT2D eigenvalue weighted by Crippen LogP contribution is 2.54. The zero-order valence-corrected chi connectivity index (χ0v) is 38.2. The molecule has 4 fully saturated rings. The van der Waals surface area contributed by atoms with E-state index in [0.29, 0.717) is 64.3 Å². The molecule has 4 saturated heterocycles. The number of carbonyl (C=O) groups excluding carboxylic acids is 3. The van der Waals surface area contributed by atoms with Crippen LogP contribution in [-0.4, -0.2) is 99.9 Å². The summed E-state index contributed by atoms with van der Waals surface area (Å²) < 4.78 is 34.4. The van der Waals surface area contributed by atoms with E-state index in [-0.39, 0.29) is 41.8 Å². The molecular weight excluding hydrogens is 771 g/mol. The van der Waals surface area contributed by atoms with Gasteiger partial charge in [0.2, 0.25) is 0 Å². The number of nitrogens with zero attached hydrogens (tertiary/aromatic N) is 1. The molecular formula is C46H77N3O11. The molecule has 60 heavy (non-hydrogen) atoms. The SMILES string of the molecule is CCCNC(=O)NC1C=C[C@]2(O[C@H](C(CC)C(=O)[C@@H](C)[C@@H](O)[C@H](C)[C@@H]3O[C@@H](C(CC)C(=O)N=O)CC[C@@H]3C)[C@@H](C)C[C@H]2C)O[C@@]12CC[C@@](C)([C@H]1CC[C@](O)(CC)[C@H](C)O1)O2. The number of Topliss-reactive ketones (excluding diaryl/α,β-unsaturated/α-hetero) is 1. The highest BCUT2D eigenvalue weighted by Gasteiger charge is 2.63. The lowest BCUT2D eigenvalue weighted by Crippen LogP contribution is -2.66. The number of aliphatic hydroxyl groups excluding tert-OH is 1. The maximum atomic E-state index is 14.7. The Labute approximate surface area is 358 Å². The van der Waals surface area contributed by atoms with Gasteiger partial charge in [0.05, 0.1) is 53.7 Å². The van der Waals surface area contributed by atoms with E-state index >= 15 is 0 Å².